The number of rotatable bonds is 3. The molecule has 1 saturated carbocycles. The number of fused-ring (bicyclic) bond motifs is 1. The van der Waals surface area contributed by atoms with Gasteiger partial charge in [-0.25, -0.2) is 18.4 Å². The molecule has 1 aliphatic heterocycles. The van der Waals surface area contributed by atoms with E-state index in [2.05, 4.69) is 16.1 Å². The second kappa shape index (κ2) is 5.51. The zero-order valence-corrected chi connectivity index (χ0v) is 13.7. The summed E-state index contributed by atoms with van der Waals surface area (Å²) in [7, 11) is 0. The van der Waals surface area contributed by atoms with Gasteiger partial charge in [0.05, 0.1) is 0 Å². The number of hydrogen-bond donors (Lipinski definition) is 0. The Morgan fingerprint density at radius 1 is 1.12 bits per heavy atom. The van der Waals surface area contributed by atoms with Gasteiger partial charge in [-0.05, 0) is 55.0 Å². The van der Waals surface area contributed by atoms with Gasteiger partial charge in [-0.15, -0.1) is 5.10 Å². The number of aromatic nitrogens is 3. The van der Waals surface area contributed by atoms with Gasteiger partial charge in [0, 0.05) is 36.6 Å². The molecule has 25 heavy (non-hydrogen) atoms. The molecule has 1 aromatic carbocycles. The van der Waals surface area contributed by atoms with Crippen LogP contribution in [0.3, 0.4) is 0 Å². The van der Waals surface area contributed by atoms with Gasteiger partial charge in [-0.1, -0.05) is 0 Å². The van der Waals surface area contributed by atoms with Crippen LogP contribution in [0.2, 0.25) is 0 Å². The van der Waals surface area contributed by atoms with E-state index in [9.17, 15) is 8.78 Å². The average Bonchev–Trinajstić information content (AvgIpc) is 3.24. The van der Waals surface area contributed by atoms with Crippen LogP contribution in [0.25, 0.3) is 16.7 Å². The smallest absolute Gasteiger partial charge is 0.181 e. The van der Waals surface area contributed by atoms with Gasteiger partial charge in [-0.2, -0.15) is 0 Å². The normalized spacial score (nSPS) is 20.6. The molecule has 3 aromatic rings. The van der Waals surface area contributed by atoms with Crippen molar-refractivity contribution in [3.8, 4) is 5.69 Å². The quantitative estimate of drug-likeness (QED) is 0.723. The molecule has 128 valence electrons. The number of alkyl halides is 1. The van der Waals surface area contributed by atoms with Gasteiger partial charge in [-0.3, -0.25) is 0 Å². The van der Waals surface area contributed by atoms with Gasteiger partial charge < -0.3 is 4.90 Å². The SMILES string of the molecule is Fc1ccc(N2CC[C@@H](F)C2)cc1-n1cc2cc(C3CC3)cnc2n1. The summed E-state index contributed by atoms with van der Waals surface area (Å²) >= 11 is 0. The molecule has 6 heteroatoms. The Balaban J connectivity index is 1.54. The Morgan fingerprint density at radius 3 is 2.76 bits per heavy atom. The molecule has 4 nitrogen and oxygen atoms in total. The Hall–Kier alpha value is -2.50. The zero-order valence-electron chi connectivity index (χ0n) is 13.7. The number of pyridine rings is 1. The number of hydrogen-bond acceptors (Lipinski definition) is 3. The Kier molecular flexibility index (Phi) is 3.26. The zero-order chi connectivity index (χ0) is 17.0. The summed E-state index contributed by atoms with van der Waals surface area (Å²) in [4.78, 5) is 6.36. The molecule has 0 spiro atoms. The van der Waals surface area contributed by atoms with Gasteiger partial charge >= 0.3 is 0 Å². The van der Waals surface area contributed by atoms with Crippen molar-refractivity contribution in [3.05, 3.63) is 48.0 Å². The van der Waals surface area contributed by atoms with E-state index in [0.29, 0.717) is 36.8 Å². The summed E-state index contributed by atoms with van der Waals surface area (Å²) in [6, 6.07) is 6.95. The lowest BCUT2D eigenvalue weighted by Gasteiger charge is -2.18. The van der Waals surface area contributed by atoms with Crippen molar-refractivity contribution < 1.29 is 8.78 Å². The summed E-state index contributed by atoms with van der Waals surface area (Å²) in [6.07, 6.45) is 5.82. The summed E-state index contributed by atoms with van der Waals surface area (Å²) in [6.45, 7) is 1.01. The van der Waals surface area contributed by atoms with Crippen molar-refractivity contribution in [3.63, 3.8) is 0 Å². The van der Waals surface area contributed by atoms with E-state index in [-0.39, 0.29) is 5.82 Å². The van der Waals surface area contributed by atoms with Crippen LogP contribution in [0.1, 0.15) is 30.7 Å². The summed E-state index contributed by atoms with van der Waals surface area (Å²) in [5, 5.41) is 5.34. The van der Waals surface area contributed by atoms with E-state index in [1.807, 2.05) is 17.3 Å². The van der Waals surface area contributed by atoms with Crippen LogP contribution < -0.4 is 4.90 Å². The first-order chi connectivity index (χ1) is 12.2. The maximum absolute atomic E-state index is 14.4. The highest BCUT2D eigenvalue weighted by molar-refractivity contribution is 5.75. The third kappa shape index (κ3) is 2.65. The lowest BCUT2D eigenvalue weighted by Crippen LogP contribution is -2.20. The van der Waals surface area contributed by atoms with E-state index in [1.54, 1.807) is 12.1 Å². The van der Waals surface area contributed by atoms with Crippen molar-refractivity contribution in [2.45, 2.75) is 31.4 Å². The van der Waals surface area contributed by atoms with E-state index < -0.39 is 6.17 Å². The summed E-state index contributed by atoms with van der Waals surface area (Å²) < 4.78 is 29.4. The molecule has 3 heterocycles. The second-order valence-electron chi connectivity index (χ2n) is 7.00. The monoisotopic (exact) mass is 340 g/mol. The second-order valence-corrected chi connectivity index (χ2v) is 7.00. The fraction of sp³-hybridized carbons (Fsp3) is 0.368. The summed E-state index contributed by atoms with van der Waals surface area (Å²) in [5.74, 6) is 0.263. The molecule has 1 atom stereocenters. The van der Waals surface area contributed by atoms with Crippen LogP contribution in [0, 0.1) is 5.82 Å². The van der Waals surface area contributed by atoms with Crippen LogP contribution in [-0.2, 0) is 0 Å². The van der Waals surface area contributed by atoms with E-state index in [4.69, 9.17) is 0 Å². The molecule has 1 saturated heterocycles. The maximum atomic E-state index is 14.4. The first-order valence-corrected chi connectivity index (χ1v) is 8.71. The van der Waals surface area contributed by atoms with Gasteiger partial charge in [0.1, 0.15) is 17.7 Å². The molecule has 0 bridgehead atoms. The molecular weight excluding hydrogens is 322 g/mol. The van der Waals surface area contributed by atoms with Gasteiger partial charge in [0.15, 0.2) is 5.65 Å². The highest BCUT2D eigenvalue weighted by Crippen LogP contribution is 2.40. The molecule has 0 amide bonds. The minimum atomic E-state index is -0.814. The standard InChI is InChI=1S/C19H18F2N4/c20-15-5-6-24(11-15)16-3-4-17(21)18(8-16)25-10-14-7-13(12-1-2-12)9-22-19(14)23-25/h3-4,7-10,12,15H,1-2,5-6,11H2/t15-/m1/s1. The number of anilines is 1. The highest BCUT2D eigenvalue weighted by Gasteiger charge is 2.25. The van der Waals surface area contributed by atoms with Crippen LogP contribution in [-0.4, -0.2) is 34.0 Å². The van der Waals surface area contributed by atoms with Gasteiger partial charge in [0.25, 0.3) is 0 Å². The predicted molar refractivity (Wildman–Crippen MR) is 92.5 cm³/mol. The van der Waals surface area contributed by atoms with Crippen molar-refractivity contribution in [1.29, 1.82) is 0 Å². The summed E-state index contributed by atoms with van der Waals surface area (Å²) in [5.41, 5.74) is 3.03. The predicted octanol–water partition coefficient (Wildman–Crippen LogP) is 3.99. The van der Waals surface area contributed by atoms with E-state index in [1.165, 1.54) is 29.2 Å². The maximum Gasteiger partial charge on any atom is 0.181 e. The molecule has 1 aliphatic carbocycles. The molecule has 0 unspecified atom stereocenters. The van der Waals surface area contributed by atoms with Crippen LogP contribution in [0.5, 0.6) is 0 Å². The third-order valence-corrected chi connectivity index (χ3v) is 5.10. The number of nitrogens with zero attached hydrogens (tertiary/aromatic N) is 4. The third-order valence-electron chi connectivity index (χ3n) is 5.10. The van der Waals surface area contributed by atoms with Crippen LogP contribution in [0.15, 0.2) is 36.7 Å². The molecular formula is C19H18F2N4. The molecule has 5 rings (SSSR count). The number of benzene rings is 1. The highest BCUT2D eigenvalue weighted by atomic mass is 19.1. The minimum Gasteiger partial charge on any atom is -0.368 e. The lowest BCUT2D eigenvalue weighted by atomic mass is 10.2. The van der Waals surface area contributed by atoms with Crippen molar-refractivity contribution in [2.24, 2.45) is 0 Å². The van der Waals surface area contributed by atoms with Crippen LogP contribution >= 0.6 is 0 Å². The largest absolute Gasteiger partial charge is 0.368 e. The first kappa shape index (κ1) is 14.8. The van der Waals surface area contributed by atoms with E-state index >= 15 is 0 Å². The van der Waals surface area contributed by atoms with Crippen LogP contribution in [0.4, 0.5) is 14.5 Å². The Bertz CT molecular complexity index is 948. The topological polar surface area (TPSA) is 34.0 Å². The first-order valence-electron chi connectivity index (χ1n) is 8.71. The Labute approximate surface area is 144 Å². The van der Waals surface area contributed by atoms with Gasteiger partial charge in [0.2, 0.25) is 0 Å². The fourth-order valence-corrected chi connectivity index (χ4v) is 3.52. The average molecular weight is 340 g/mol. The molecule has 0 N–H and O–H groups in total. The minimum absolute atomic E-state index is 0.352. The molecule has 2 aromatic heterocycles. The van der Waals surface area contributed by atoms with Crippen molar-refractivity contribution >= 4 is 16.7 Å². The van der Waals surface area contributed by atoms with E-state index in [0.717, 1.165) is 11.1 Å². The van der Waals surface area contributed by atoms with Crippen molar-refractivity contribution in [1.82, 2.24) is 14.8 Å². The fourth-order valence-electron chi connectivity index (χ4n) is 3.52. The molecule has 2 fully saturated rings. The molecule has 2 aliphatic rings. The Morgan fingerprint density at radius 2 is 2.00 bits per heavy atom. The molecule has 0 radical (unpaired) electrons. The lowest BCUT2D eigenvalue weighted by molar-refractivity contribution is 0.364. The number of halogens is 2. The van der Waals surface area contributed by atoms with Crippen molar-refractivity contribution in [2.75, 3.05) is 18.0 Å².